The summed E-state index contributed by atoms with van der Waals surface area (Å²) < 4.78 is 6.22. The van der Waals surface area contributed by atoms with E-state index in [1.54, 1.807) is 0 Å². The van der Waals surface area contributed by atoms with Crippen LogP contribution in [0.3, 0.4) is 0 Å². The van der Waals surface area contributed by atoms with Gasteiger partial charge in [-0.2, -0.15) is 0 Å². The Bertz CT molecular complexity index is 503. The van der Waals surface area contributed by atoms with Crippen molar-refractivity contribution in [3.8, 4) is 0 Å². The molecule has 4 nitrogen and oxygen atoms in total. The van der Waals surface area contributed by atoms with Crippen LogP contribution in [-0.2, 0) is 16.1 Å². The van der Waals surface area contributed by atoms with Crippen molar-refractivity contribution in [2.24, 2.45) is 0 Å². The largest absolute Gasteiger partial charge is 0.479 e. The van der Waals surface area contributed by atoms with Gasteiger partial charge in [-0.3, -0.25) is 0 Å². The van der Waals surface area contributed by atoms with Crippen LogP contribution in [0.4, 0.5) is 0 Å². The van der Waals surface area contributed by atoms with Crippen LogP contribution in [0.5, 0.6) is 0 Å². The second-order valence-electron chi connectivity index (χ2n) is 8.17. The summed E-state index contributed by atoms with van der Waals surface area (Å²) in [5.74, 6) is -1.11. The molecule has 0 aliphatic heterocycles. The molecule has 0 aliphatic carbocycles. The number of hydrogen-bond donors (Lipinski definition) is 2. The number of carboxylic acid groups (broad SMARTS) is 1. The Balaban J connectivity index is 2.07. The Hall–Kier alpha value is -1.39. The summed E-state index contributed by atoms with van der Waals surface area (Å²) in [6.07, 6.45) is 14.8. The van der Waals surface area contributed by atoms with Crippen molar-refractivity contribution in [1.29, 1.82) is 0 Å². The highest BCUT2D eigenvalue weighted by Gasteiger charge is 2.11. The van der Waals surface area contributed by atoms with Gasteiger partial charge in [-0.1, -0.05) is 108 Å². The molecule has 0 amide bonds. The number of aliphatic carboxylic acids is 1. The average Bonchev–Trinajstić information content (AvgIpc) is 2.73. The van der Waals surface area contributed by atoms with Gasteiger partial charge >= 0.3 is 5.97 Å². The number of carboxylic acids is 1. The Morgan fingerprint density at radius 1 is 0.828 bits per heavy atom. The molecule has 0 saturated carbocycles. The maximum absolute atomic E-state index is 10.5. The molecule has 0 radical (unpaired) electrons. The molecule has 2 unspecified atom stereocenters. The topological polar surface area (TPSA) is 66.8 Å². The summed E-state index contributed by atoms with van der Waals surface area (Å²) in [6, 6.07) is 10.4. The van der Waals surface area contributed by atoms with Crippen LogP contribution in [0.15, 0.2) is 30.3 Å². The van der Waals surface area contributed by atoms with E-state index in [9.17, 15) is 9.90 Å². The molecule has 2 N–H and O–H groups in total. The van der Waals surface area contributed by atoms with Crippen LogP contribution in [0.1, 0.15) is 102 Å². The molecule has 1 rings (SSSR count). The van der Waals surface area contributed by atoms with Gasteiger partial charge < -0.3 is 14.9 Å². The van der Waals surface area contributed by atoms with Crippen LogP contribution < -0.4 is 0 Å². The van der Waals surface area contributed by atoms with Crippen LogP contribution in [-0.4, -0.2) is 28.4 Å². The lowest BCUT2D eigenvalue weighted by atomic mass is 10.0. The fourth-order valence-corrected chi connectivity index (χ4v) is 3.62. The Morgan fingerprint density at radius 2 is 1.34 bits per heavy atom. The van der Waals surface area contributed by atoms with Crippen molar-refractivity contribution in [2.75, 3.05) is 0 Å². The molecule has 29 heavy (non-hydrogen) atoms. The number of benzene rings is 1. The Labute approximate surface area is 177 Å². The van der Waals surface area contributed by atoms with Crippen LogP contribution in [0.2, 0.25) is 0 Å². The lowest BCUT2D eigenvalue weighted by molar-refractivity contribution is -0.146. The lowest BCUT2D eigenvalue weighted by Gasteiger charge is -2.18. The lowest BCUT2D eigenvalue weighted by Crippen LogP contribution is -2.18. The number of hydrogen-bond acceptors (Lipinski definition) is 3. The average molecular weight is 407 g/mol. The number of aliphatic hydroxyl groups is 1. The second kappa shape index (κ2) is 17.5. The summed E-state index contributed by atoms with van der Waals surface area (Å²) in [7, 11) is 0. The zero-order valence-corrected chi connectivity index (χ0v) is 18.4. The van der Waals surface area contributed by atoms with E-state index in [0.717, 1.165) is 25.7 Å². The van der Waals surface area contributed by atoms with Gasteiger partial charge in [0.15, 0.2) is 6.10 Å². The third kappa shape index (κ3) is 14.3. The number of carbonyl (C=O) groups is 1. The van der Waals surface area contributed by atoms with Crippen molar-refractivity contribution >= 4 is 5.97 Å². The molecule has 4 heteroatoms. The highest BCUT2D eigenvalue weighted by Crippen LogP contribution is 2.18. The summed E-state index contributed by atoms with van der Waals surface area (Å²) in [6.45, 7) is 2.96. The highest BCUT2D eigenvalue weighted by atomic mass is 16.5. The van der Waals surface area contributed by atoms with E-state index in [1.165, 1.54) is 63.4 Å². The maximum Gasteiger partial charge on any atom is 0.332 e. The molecule has 0 aromatic heterocycles. The molecule has 0 spiro atoms. The van der Waals surface area contributed by atoms with Gasteiger partial charge in [0.25, 0.3) is 0 Å². The Morgan fingerprint density at radius 3 is 1.90 bits per heavy atom. The van der Waals surface area contributed by atoms with Gasteiger partial charge in [0, 0.05) is 0 Å². The van der Waals surface area contributed by atoms with Crippen LogP contribution >= 0.6 is 0 Å². The van der Waals surface area contributed by atoms with Gasteiger partial charge in [0.1, 0.15) is 0 Å². The molecule has 0 heterocycles. The normalized spacial score (nSPS) is 13.3. The molecular weight excluding hydrogens is 364 g/mol. The molecule has 1 aromatic rings. The zero-order chi connectivity index (χ0) is 21.2. The van der Waals surface area contributed by atoms with Crippen molar-refractivity contribution in [3.63, 3.8) is 0 Å². The Kier molecular flexibility index (Phi) is 15.4. The van der Waals surface area contributed by atoms with E-state index >= 15 is 0 Å². The first kappa shape index (κ1) is 25.6. The van der Waals surface area contributed by atoms with E-state index < -0.39 is 12.1 Å². The number of aliphatic hydroxyl groups excluding tert-OH is 1. The molecule has 0 saturated heterocycles. The summed E-state index contributed by atoms with van der Waals surface area (Å²) in [5.41, 5.74) is 1.25. The predicted octanol–water partition coefficient (Wildman–Crippen LogP) is 6.50. The number of rotatable bonds is 19. The van der Waals surface area contributed by atoms with Gasteiger partial charge in [-0.25, -0.2) is 4.79 Å². The third-order valence-corrected chi connectivity index (χ3v) is 5.50. The van der Waals surface area contributed by atoms with Gasteiger partial charge in [-0.05, 0) is 24.8 Å². The van der Waals surface area contributed by atoms with Gasteiger partial charge in [0.05, 0.1) is 12.7 Å². The van der Waals surface area contributed by atoms with E-state index in [-0.39, 0.29) is 0 Å². The zero-order valence-electron chi connectivity index (χ0n) is 18.4. The minimum absolute atomic E-state index is 0.373. The van der Waals surface area contributed by atoms with Gasteiger partial charge in [0.2, 0.25) is 0 Å². The maximum atomic E-state index is 10.5. The number of ether oxygens (including phenoxy) is 1. The molecule has 2 atom stereocenters. The quantitative estimate of drug-likeness (QED) is 0.257. The summed E-state index contributed by atoms with van der Waals surface area (Å²) >= 11 is 0. The smallest absolute Gasteiger partial charge is 0.332 e. The fourth-order valence-electron chi connectivity index (χ4n) is 3.62. The van der Waals surface area contributed by atoms with E-state index in [2.05, 4.69) is 31.2 Å². The molecule has 0 bridgehead atoms. The SMILES string of the molecule is CCCCCC(CCCCCCCCCCC(O)C(=O)O)OCc1ccccc1. The van der Waals surface area contributed by atoms with Gasteiger partial charge in [-0.15, -0.1) is 0 Å². The first-order chi connectivity index (χ1) is 14.1. The second-order valence-corrected chi connectivity index (χ2v) is 8.17. The molecular formula is C25H42O4. The van der Waals surface area contributed by atoms with Crippen LogP contribution in [0, 0.1) is 0 Å². The minimum Gasteiger partial charge on any atom is -0.479 e. The fraction of sp³-hybridized carbons (Fsp3) is 0.720. The first-order valence-electron chi connectivity index (χ1n) is 11.7. The number of unbranched alkanes of at least 4 members (excludes halogenated alkanes) is 9. The monoisotopic (exact) mass is 406 g/mol. The molecule has 1 aromatic carbocycles. The van der Waals surface area contributed by atoms with Crippen molar-refractivity contribution in [2.45, 2.75) is 116 Å². The first-order valence-corrected chi connectivity index (χ1v) is 11.7. The molecule has 0 fully saturated rings. The van der Waals surface area contributed by atoms with Crippen molar-refractivity contribution < 1.29 is 19.7 Å². The van der Waals surface area contributed by atoms with Crippen molar-refractivity contribution in [3.05, 3.63) is 35.9 Å². The van der Waals surface area contributed by atoms with E-state index in [1.807, 2.05) is 6.07 Å². The highest BCUT2D eigenvalue weighted by molar-refractivity contribution is 5.71. The van der Waals surface area contributed by atoms with E-state index in [0.29, 0.717) is 19.1 Å². The third-order valence-electron chi connectivity index (χ3n) is 5.50. The predicted molar refractivity (Wildman–Crippen MR) is 119 cm³/mol. The summed E-state index contributed by atoms with van der Waals surface area (Å²) in [4.78, 5) is 10.5. The molecule has 0 aliphatic rings. The standard InChI is InChI=1S/C25H42O4/c1-2-3-11-18-23(29-21-22-16-12-10-13-17-22)19-14-8-6-4-5-7-9-15-20-24(26)25(27)28/h10,12-13,16-17,23-24,26H,2-9,11,14-15,18-21H2,1H3,(H,27,28). The molecule has 166 valence electrons. The van der Waals surface area contributed by atoms with Crippen LogP contribution in [0.25, 0.3) is 0 Å². The summed E-state index contributed by atoms with van der Waals surface area (Å²) in [5, 5.41) is 17.9. The minimum atomic E-state index is -1.19. The van der Waals surface area contributed by atoms with Crippen molar-refractivity contribution in [1.82, 2.24) is 0 Å². The van der Waals surface area contributed by atoms with E-state index in [4.69, 9.17) is 9.84 Å².